The summed E-state index contributed by atoms with van der Waals surface area (Å²) in [5.41, 5.74) is 0.202. The Bertz CT molecular complexity index is 360. The zero-order chi connectivity index (χ0) is 12.2. The van der Waals surface area contributed by atoms with Crippen LogP contribution in [0.5, 0.6) is 0 Å². The summed E-state index contributed by atoms with van der Waals surface area (Å²) >= 11 is 3.37. The fourth-order valence-electron chi connectivity index (χ4n) is 1.16. The Hall–Kier alpha value is -0.900. The predicted molar refractivity (Wildman–Crippen MR) is 66.4 cm³/mol. The number of hydrogen-bond donors (Lipinski definition) is 1. The molecular weight excluding hydrogens is 273 g/mol. The first-order valence-corrected chi connectivity index (χ1v) is 6.27. The molecule has 2 nitrogen and oxygen atoms in total. The van der Waals surface area contributed by atoms with Gasteiger partial charge in [-0.25, -0.2) is 4.39 Å². The molecule has 0 saturated carbocycles. The molecule has 1 rings (SSSR count). The number of rotatable bonds is 4. The topological polar surface area (TPSA) is 29.1 Å². The molecule has 1 amide bonds. The molecule has 0 heterocycles. The van der Waals surface area contributed by atoms with Gasteiger partial charge in [-0.05, 0) is 37.6 Å². The SMILES string of the molecule is CCC(C)(CBr)NC(=O)c1ccc(F)cc1. The van der Waals surface area contributed by atoms with Crippen molar-refractivity contribution in [2.24, 2.45) is 0 Å². The molecule has 16 heavy (non-hydrogen) atoms. The Balaban J connectivity index is 2.76. The van der Waals surface area contributed by atoms with Gasteiger partial charge in [0.2, 0.25) is 0 Å². The maximum absolute atomic E-state index is 12.7. The van der Waals surface area contributed by atoms with Crippen molar-refractivity contribution >= 4 is 21.8 Å². The van der Waals surface area contributed by atoms with Crippen LogP contribution in [0.3, 0.4) is 0 Å². The fraction of sp³-hybridized carbons (Fsp3) is 0.417. The molecule has 0 fully saturated rings. The van der Waals surface area contributed by atoms with Crippen LogP contribution in [0.15, 0.2) is 24.3 Å². The van der Waals surface area contributed by atoms with Gasteiger partial charge in [0, 0.05) is 16.4 Å². The van der Waals surface area contributed by atoms with Gasteiger partial charge < -0.3 is 5.32 Å². The zero-order valence-corrected chi connectivity index (χ0v) is 11.0. The average Bonchev–Trinajstić information content (AvgIpc) is 2.29. The number of amides is 1. The molecule has 88 valence electrons. The molecule has 0 saturated heterocycles. The summed E-state index contributed by atoms with van der Waals surface area (Å²) in [5.74, 6) is -0.515. The van der Waals surface area contributed by atoms with Gasteiger partial charge in [0.05, 0.1) is 0 Å². The predicted octanol–water partition coefficient (Wildman–Crippen LogP) is 3.12. The quantitative estimate of drug-likeness (QED) is 0.847. The highest BCUT2D eigenvalue weighted by molar-refractivity contribution is 9.09. The smallest absolute Gasteiger partial charge is 0.251 e. The molecule has 0 spiro atoms. The minimum atomic E-state index is -0.338. The lowest BCUT2D eigenvalue weighted by Gasteiger charge is -2.27. The Morgan fingerprint density at radius 1 is 1.44 bits per heavy atom. The van der Waals surface area contributed by atoms with Crippen molar-refractivity contribution in [1.82, 2.24) is 5.32 Å². The van der Waals surface area contributed by atoms with E-state index in [1.807, 2.05) is 13.8 Å². The normalized spacial score (nSPS) is 14.2. The molecule has 1 N–H and O–H groups in total. The Morgan fingerprint density at radius 3 is 2.44 bits per heavy atom. The molecule has 1 aromatic rings. The van der Waals surface area contributed by atoms with E-state index in [4.69, 9.17) is 0 Å². The number of carbonyl (C=O) groups excluding carboxylic acids is 1. The van der Waals surface area contributed by atoms with E-state index in [9.17, 15) is 9.18 Å². The number of hydrogen-bond acceptors (Lipinski definition) is 1. The van der Waals surface area contributed by atoms with Crippen molar-refractivity contribution in [3.8, 4) is 0 Å². The lowest BCUT2D eigenvalue weighted by Crippen LogP contribution is -2.46. The highest BCUT2D eigenvalue weighted by atomic mass is 79.9. The summed E-state index contributed by atoms with van der Waals surface area (Å²) in [6.07, 6.45) is 0.825. The number of carbonyl (C=O) groups is 1. The second-order valence-electron chi connectivity index (χ2n) is 4.01. The van der Waals surface area contributed by atoms with Gasteiger partial charge in [0.25, 0.3) is 5.91 Å². The summed E-state index contributed by atoms with van der Waals surface area (Å²) in [5, 5.41) is 3.60. The first-order chi connectivity index (χ1) is 7.50. The number of nitrogens with one attached hydrogen (secondary N) is 1. The van der Waals surface area contributed by atoms with Gasteiger partial charge in [-0.2, -0.15) is 0 Å². The molecule has 1 atom stereocenters. The molecule has 0 aromatic heterocycles. The minimum Gasteiger partial charge on any atom is -0.346 e. The maximum Gasteiger partial charge on any atom is 0.251 e. The summed E-state index contributed by atoms with van der Waals surface area (Å²) in [6, 6.07) is 5.53. The van der Waals surface area contributed by atoms with Gasteiger partial charge in [-0.1, -0.05) is 22.9 Å². The van der Waals surface area contributed by atoms with E-state index in [1.165, 1.54) is 24.3 Å². The van der Waals surface area contributed by atoms with E-state index in [0.717, 1.165) is 6.42 Å². The van der Waals surface area contributed by atoms with Crippen LogP contribution >= 0.6 is 15.9 Å². The summed E-state index contributed by atoms with van der Waals surface area (Å²) in [6.45, 7) is 3.97. The third-order valence-corrected chi connectivity index (χ3v) is 3.83. The van der Waals surface area contributed by atoms with Crippen molar-refractivity contribution in [3.63, 3.8) is 0 Å². The van der Waals surface area contributed by atoms with E-state index in [2.05, 4.69) is 21.2 Å². The van der Waals surface area contributed by atoms with Crippen LogP contribution in [0.1, 0.15) is 30.6 Å². The van der Waals surface area contributed by atoms with Gasteiger partial charge in [-0.15, -0.1) is 0 Å². The summed E-state index contributed by atoms with van der Waals surface area (Å²) in [7, 11) is 0. The molecular formula is C12H15BrFNO. The maximum atomic E-state index is 12.7. The monoisotopic (exact) mass is 287 g/mol. The summed E-state index contributed by atoms with van der Waals surface area (Å²) < 4.78 is 12.7. The van der Waals surface area contributed by atoms with Crippen LogP contribution in [0.25, 0.3) is 0 Å². The minimum absolute atomic E-state index is 0.177. The molecule has 1 unspecified atom stereocenters. The van der Waals surface area contributed by atoms with Crippen molar-refractivity contribution in [1.29, 1.82) is 0 Å². The first kappa shape index (κ1) is 13.2. The van der Waals surface area contributed by atoms with Crippen molar-refractivity contribution in [3.05, 3.63) is 35.6 Å². The highest BCUT2D eigenvalue weighted by Crippen LogP contribution is 2.14. The number of halogens is 2. The van der Waals surface area contributed by atoms with Crippen molar-refractivity contribution in [2.45, 2.75) is 25.8 Å². The molecule has 0 aliphatic carbocycles. The highest BCUT2D eigenvalue weighted by Gasteiger charge is 2.23. The first-order valence-electron chi connectivity index (χ1n) is 5.15. The lowest BCUT2D eigenvalue weighted by molar-refractivity contribution is 0.0913. The molecule has 0 aliphatic rings. The standard InChI is InChI=1S/C12H15BrFNO/c1-3-12(2,8-13)15-11(16)9-4-6-10(14)7-5-9/h4-7H,3,8H2,1-2H3,(H,15,16). The van der Waals surface area contributed by atoms with Gasteiger partial charge in [-0.3, -0.25) is 4.79 Å². The van der Waals surface area contributed by atoms with E-state index in [-0.39, 0.29) is 17.3 Å². The van der Waals surface area contributed by atoms with Crippen LogP contribution < -0.4 is 5.32 Å². The fourth-order valence-corrected chi connectivity index (χ4v) is 1.70. The summed E-state index contributed by atoms with van der Waals surface area (Å²) in [4.78, 5) is 11.8. The van der Waals surface area contributed by atoms with E-state index in [0.29, 0.717) is 10.9 Å². The van der Waals surface area contributed by atoms with E-state index >= 15 is 0 Å². The van der Waals surface area contributed by atoms with Crippen LogP contribution in [0, 0.1) is 5.82 Å². The Morgan fingerprint density at radius 2 is 2.00 bits per heavy atom. The molecule has 0 bridgehead atoms. The van der Waals surface area contributed by atoms with Crippen LogP contribution in [-0.2, 0) is 0 Å². The molecule has 4 heteroatoms. The third kappa shape index (κ3) is 3.30. The third-order valence-electron chi connectivity index (χ3n) is 2.60. The van der Waals surface area contributed by atoms with Gasteiger partial charge in [0.1, 0.15) is 5.82 Å². The molecule has 0 aliphatic heterocycles. The van der Waals surface area contributed by atoms with Crippen LogP contribution in [0.4, 0.5) is 4.39 Å². The van der Waals surface area contributed by atoms with Gasteiger partial charge >= 0.3 is 0 Å². The molecule has 0 radical (unpaired) electrons. The van der Waals surface area contributed by atoms with E-state index in [1.54, 1.807) is 0 Å². The van der Waals surface area contributed by atoms with E-state index < -0.39 is 0 Å². The second-order valence-corrected chi connectivity index (χ2v) is 4.57. The van der Waals surface area contributed by atoms with Crippen molar-refractivity contribution in [2.75, 3.05) is 5.33 Å². The van der Waals surface area contributed by atoms with Crippen molar-refractivity contribution < 1.29 is 9.18 Å². The Labute approximate surface area is 103 Å². The number of benzene rings is 1. The average molecular weight is 288 g/mol. The largest absolute Gasteiger partial charge is 0.346 e. The van der Waals surface area contributed by atoms with Crippen LogP contribution in [0.2, 0.25) is 0 Å². The Kier molecular flexibility index (Phi) is 4.47. The van der Waals surface area contributed by atoms with Crippen LogP contribution in [-0.4, -0.2) is 16.8 Å². The lowest BCUT2D eigenvalue weighted by atomic mass is 10.0. The second kappa shape index (κ2) is 5.43. The molecule has 1 aromatic carbocycles. The zero-order valence-electron chi connectivity index (χ0n) is 9.39. The number of alkyl halides is 1. The van der Waals surface area contributed by atoms with Gasteiger partial charge in [0.15, 0.2) is 0 Å².